The highest BCUT2D eigenvalue weighted by atomic mass is 16.4. The molecular weight excluding hydrogens is 270 g/mol. The van der Waals surface area contributed by atoms with Crippen molar-refractivity contribution < 1.29 is 13.6 Å². The molecule has 3 heterocycles. The largest absolute Gasteiger partial charge is 0.459 e. The molecule has 21 heavy (non-hydrogen) atoms. The molecule has 6 nitrogen and oxygen atoms in total. The van der Waals surface area contributed by atoms with Crippen LogP contribution >= 0.6 is 0 Å². The highest BCUT2D eigenvalue weighted by molar-refractivity contribution is 5.78. The Morgan fingerprint density at radius 1 is 1.57 bits per heavy atom. The summed E-state index contributed by atoms with van der Waals surface area (Å²) in [5.41, 5.74) is 6.57. The van der Waals surface area contributed by atoms with Gasteiger partial charge in [-0.05, 0) is 31.9 Å². The van der Waals surface area contributed by atoms with Crippen LogP contribution in [0, 0.1) is 6.92 Å². The lowest BCUT2D eigenvalue weighted by atomic mass is 10.1. The third kappa shape index (κ3) is 3.00. The molecule has 2 aromatic rings. The minimum atomic E-state index is 0.0487. The third-order valence-electron chi connectivity index (χ3n) is 3.75. The van der Waals surface area contributed by atoms with E-state index in [1.807, 2.05) is 11.8 Å². The van der Waals surface area contributed by atoms with Crippen LogP contribution in [0.4, 0.5) is 0 Å². The number of carbonyl (C=O) groups excluding carboxylic acids is 1. The lowest BCUT2D eigenvalue weighted by molar-refractivity contribution is -0.131. The number of aromatic nitrogens is 1. The fourth-order valence-electron chi connectivity index (χ4n) is 2.59. The van der Waals surface area contributed by atoms with Crippen molar-refractivity contribution in [2.24, 2.45) is 5.73 Å². The van der Waals surface area contributed by atoms with Crippen molar-refractivity contribution in [1.82, 2.24) is 9.88 Å². The number of oxazole rings is 1. The van der Waals surface area contributed by atoms with Crippen molar-refractivity contribution in [3.63, 3.8) is 0 Å². The smallest absolute Gasteiger partial charge is 0.263 e. The van der Waals surface area contributed by atoms with Gasteiger partial charge in [0.2, 0.25) is 5.91 Å². The quantitative estimate of drug-likeness (QED) is 0.930. The number of rotatable bonds is 3. The first kappa shape index (κ1) is 13.9. The summed E-state index contributed by atoms with van der Waals surface area (Å²) < 4.78 is 10.8. The zero-order valence-electron chi connectivity index (χ0n) is 12.0. The zero-order valence-corrected chi connectivity index (χ0v) is 12.0. The summed E-state index contributed by atoms with van der Waals surface area (Å²) in [4.78, 5) is 18.5. The van der Waals surface area contributed by atoms with Gasteiger partial charge in [0, 0.05) is 19.1 Å². The summed E-state index contributed by atoms with van der Waals surface area (Å²) in [6.45, 7) is 3.21. The first-order valence-electron chi connectivity index (χ1n) is 7.17. The van der Waals surface area contributed by atoms with Crippen molar-refractivity contribution in [3.8, 4) is 11.7 Å². The van der Waals surface area contributed by atoms with Crippen LogP contribution in [0.1, 0.15) is 24.3 Å². The Morgan fingerprint density at radius 2 is 2.43 bits per heavy atom. The molecule has 0 saturated carbocycles. The Bertz CT molecular complexity index is 618. The maximum Gasteiger partial charge on any atom is 0.263 e. The molecule has 1 aliphatic rings. The topological polar surface area (TPSA) is 85.5 Å². The second-order valence-electron chi connectivity index (χ2n) is 5.42. The number of hydrogen-bond acceptors (Lipinski definition) is 5. The molecule has 1 amide bonds. The standard InChI is InChI=1S/C15H19N3O3/c1-10-12(17-15(21-10)13-5-3-7-20-13)8-14(19)18-6-2-4-11(16)9-18/h3,5,7,11H,2,4,6,8-9,16H2,1H3. The van der Waals surface area contributed by atoms with E-state index < -0.39 is 0 Å². The molecule has 0 spiro atoms. The molecule has 0 bridgehead atoms. The van der Waals surface area contributed by atoms with E-state index >= 15 is 0 Å². The molecule has 0 aliphatic carbocycles. The van der Waals surface area contributed by atoms with Gasteiger partial charge in [-0.1, -0.05) is 0 Å². The fourth-order valence-corrected chi connectivity index (χ4v) is 2.59. The number of carbonyl (C=O) groups is 1. The molecule has 1 atom stereocenters. The number of furan rings is 1. The van der Waals surface area contributed by atoms with Crippen LogP contribution in [0.15, 0.2) is 27.2 Å². The molecule has 6 heteroatoms. The molecule has 1 saturated heterocycles. The normalized spacial score (nSPS) is 19.0. The highest BCUT2D eigenvalue weighted by Crippen LogP contribution is 2.22. The summed E-state index contributed by atoms with van der Waals surface area (Å²) >= 11 is 0. The minimum absolute atomic E-state index is 0.0487. The van der Waals surface area contributed by atoms with E-state index in [1.54, 1.807) is 18.4 Å². The average Bonchev–Trinajstić information content (AvgIpc) is 3.09. The Hall–Kier alpha value is -2.08. The van der Waals surface area contributed by atoms with Gasteiger partial charge in [-0.25, -0.2) is 4.98 Å². The van der Waals surface area contributed by atoms with Crippen LogP contribution < -0.4 is 5.73 Å². The Morgan fingerprint density at radius 3 is 3.14 bits per heavy atom. The molecule has 3 rings (SSSR count). The predicted molar refractivity (Wildman–Crippen MR) is 76.4 cm³/mol. The highest BCUT2D eigenvalue weighted by Gasteiger charge is 2.23. The Balaban J connectivity index is 1.71. The first-order valence-corrected chi connectivity index (χ1v) is 7.17. The van der Waals surface area contributed by atoms with Gasteiger partial charge in [0.1, 0.15) is 5.76 Å². The molecule has 1 aliphatic heterocycles. The Labute approximate surface area is 122 Å². The van der Waals surface area contributed by atoms with Gasteiger partial charge in [-0.2, -0.15) is 0 Å². The number of nitrogens with two attached hydrogens (primary N) is 1. The fraction of sp³-hybridized carbons (Fsp3) is 0.467. The number of nitrogens with zero attached hydrogens (tertiary/aromatic N) is 2. The van der Waals surface area contributed by atoms with Crippen LogP contribution in [0.3, 0.4) is 0 Å². The lowest BCUT2D eigenvalue weighted by Gasteiger charge is -2.30. The van der Waals surface area contributed by atoms with E-state index in [1.165, 1.54) is 0 Å². The molecular formula is C15H19N3O3. The van der Waals surface area contributed by atoms with Crippen LogP contribution in [0.25, 0.3) is 11.7 Å². The van der Waals surface area contributed by atoms with Crippen LogP contribution in [0.5, 0.6) is 0 Å². The summed E-state index contributed by atoms with van der Waals surface area (Å²) in [7, 11) is 0. The zero-order chi connectivity index (χ0) is 14.8. The van der Waals surface area contributed by atoms with Gasteiger partial charge in [-0.15, -0.1) is 0 Å². The molecule has 0 radical (unpaired) electrons. The van der Waals surface area contributed by atoms with Gasteiger partial charge in [0.05, 0.1) is 18.4 Å². The van der Waals surface area contributed by atoms with Crippen molar-refractivity contribution in [2.75, 3.05) is 13.1 Å². The van der Waals surface area contributed by atoms with E-state index in [4.69, 9.17) is 14.6 Å². The van der Waals surface area contributed by atoms with Gasteiger partial charge in [0.15, 0.2) is 5.76 Å². The second kappa shape index (κ2) is 5.73. The van der Waals surface area contributed by atoms with Crippen molar-refractivity contribution in [3.05, 3.63) is 29.9 Å². The monoisotopic (exact) mass is 289 g/mol. The predicted octanol–water partition coefficient (Wildman–Crippen LogP) is 1.74. The Kier molecular flexibility index (Phi) is 3.79. The number of amides is 1. The summed E-state index contributed by atoms with van der Waals surface area (Å²) in [5.74, 6) is 1.68. The third-order valence-corrected chi connectivity index (χ3v) is 3.75. The molecule has 112 valence electrons. The van der Waals surface area contributed by atoms with Gasteiger partial charge in [0.25, 0.3) is 5.89 Å². The molecule has 1 fully saturated rings. The first-order chi connectivity index (χ1) is 10.1. The SMILES string of the molecule is Cc1oc(-c2ccco2)nc1CC(=O)N1CCCC(N)C1. The number of aryl methyl sites for hydroxylation is 1. The van der Waals surface area contributed by atoms with Gasteiger partial charge >= 0.3 is 0 Å². The number of piperidine rings is 1. The van der Waals surface area contributed by atoms with E-state index in [-0.39, 0.29) is 18.4 Å². The van der Waals surface area contributed by atoms with Crippen LogP contribution in [-0.4, -0.2) is 34.9 Å². The van der Waals surface area contributed by atoms with E-state index in [0.29, 0.717) is 29.6 Å². The lowest BCUT2D eigenvalue weighted by Crippen LogP contribution is -2.46. The molecule has 2 N–H and O–H groups in total. The second-order valence-corrected chi connectivity index (χ2v) is 5.42. The molecule has 1 unspecified atom stereocenters. The summed E-state index contributed by atoms with van der Waals surface area (Å²) in [5, 5.41) is 0. The number of hydrogen-bond donors (Lipinski definition) is 1. The molecule has 2 aromatic heterocycles. The van der Waals surface area contributed by atoms with Crippen molar-refractivity contribution in [2.45, 2.75) is 32.2 Å². The van der Waals surface area contributed by atoms with Crippen LogP contribution in [-0.2, 0) is 11.2 Å². The maximum atomic E-state index is 12.3. The van der Waals surface area contributed by atoms with E-state index in [9.17, 15) is 4.79 Å². The van der Waals surface area contributed by atoms with Crippen LogP contribution in [0.2, 0.25) is 0 Å². The van der Waals surface area contributed by atoms with Crippen molar-refractivity contribution >= 4 is 5.91 Å². The van der Waals surface area contributed by atoms with E-state index in [2.05, 4.69) is 4.98 Å². The molecule has 0 aromatic carbocycles. The van der Waals surface area contributed by atoms with Gasteiger partial charge < -0.3 is 19.5 Å². The number of likely N-dealkylation sites (tertiary alicyclic amines) is 1. The minimum Gasteiger partial charge on any atom is -0.459 e. The van der Waals surface area contributed by atoms with Crippen molar-refractivity contribution in [1.29, 1.82) is 0 Å². The maximum absolute atomic E-state index is 12.3. The average molecular weight is 289 g/mol. The van der Waals surface area contributed by atoms with Gasteiger partial charge in [-0.3, -0.25) is 4.79 Å². The summed E-state index contributed by atoms with van der Waals surface area (Å²) in [6.07, 6.45) is 3.75. The summed E-state index contributed by atoms with van der Waals surface area (Å²) in [6, 6.07) is 3.63. The van der Waals surface area contributed by atoms with E-state index in [0.717, 1.165) is 19.4 Å².